The zero-order valence-corrected chi connectivity index (χ0v) is 9.45. The molecule has 0 N–H and O–H groups in total. The van der Waals surface area contributed by atoms with Gasteiger partial charge in [0, 0.05) is 23.7 Å². The zero-order chi connectivity index (χ0) is 10.7. The second-order valence-corrected chi connectivity index (χ2v) is 3.89. The Labute approximate surface area is 93.0 Å². The van der Waals surface area contributed by atoms with E-state index in [0.717, 1.165) is 22.1 Å². The molecule has 0 fully saturated rings. The Morgan fingerprint density at radius 2 is 1.93 bits per heavy atom. The van der Waals surface area contributed by atoms with Gasteiger partial charge in [0.25, 0.3) is 0 Å². The van der Waals surface area contributed by atoms with Crippen molar-refractivity contribution in [3.8, 4) is 11.3 Å². The van der Waals surface area contributed by atoms with Crippen LogP contribution in [0.1, 0.15) is 5.69 Å². The van der Waals surface area contributed by atoms with Crippen LogP contribution in [0, 0.1) is 6.92 Å². The highest BCUT2D eigenvalue weighted by molar-refractivity contribution is 7.98. The number of pyridine rings is 1. The summed E-state index contributed by atoms with van der Waals surface area (Å²) in [5.74, 6) is 0. The van der Waals surface area contributed by atoms with Crippen molar-refractivity contribution in [2.75, 3.05) is 6.26 Å². The van der Waals surface area contributed by atoms with Crippen molar-refractivity contribution in [2.24, 2.45) is 0 Å². The van der Waals surface area contributed by atoms with E-state index >= 15 is 0 Å². The van der Waals surface area contributed by atoms with Crippen LogP contribution in [0.2, 0.25) is 0 Å². The highest BCUT2D eigenvalue weighted by atomic mass is 32.2. The first-order valence-corrected chi connectivity index (χ1v) is 5.82. The van der Waals surface area contributed by atoms with E-state index in [1.165, 1.54) is 0 Å². The number of hydrogen-bond acceptors (Lipinski definition) is 4. The van der Waals surface area contributed by atoms with E-state index in [9.17, 15) is 0 Å². The van der Waals surface area contributed by atoms with Crippen molar-refractivity contribution in [1.29, 1.82) is 0 Å². The molecule has 0 aliphatic carbocycles. The maximum Gasteiger partial charge on any atom is 0.187 e. The van der Waals surface area contributed by atoms with Gasteiger partial charge < -0.3 is 0 Å². The summed E-state index contributed by atoms with van der Waals surface area (Å²) in [5.41, 5.74) is 3.02. The summed E-state index contributed by atoms with van der Waals surface area (Å²) in [7, 11) is 0. The summed E-state index contributed by atoms with van der Waals surface area (Å²) in [6.07, 6.45) is 5.55. The number of rotatable bonds is 2. The number of aryl methyl sites for hydroxylation is 1. The lowest BCUT2D eigenvalue weighted by atomic mass is 10.2. The maximum absolute atomic E-state index is 4.43. The fraction of sp³-hybridized carbons (Fsp3) is 0.182. The standard InChI is InChI=1S/C11H11N3S/c1-8-7-9(3-5-12-8)10-4-6-13-11(14-10)15-2/h3-7H,1-2H3. The molecule has 0 spiro atoms. The monoisotopic (exact) mass is 217 g/mol. The average Bonchev–Trinajstić information content (AvgIpc) is 2.29. The normalized spacial score (nSPS) is 10.3. The quantitative estimate of drug-likeness (QED) is 0.572. The Balaban J connectivity index is 2.44. The Bertz CT molecular complexity index is 471. The highest BCUT2D eigenvalue weighted by Crippen LogP contribution is 2.18. The molecule has 2 heterocycles. The molecular weight excluding hydrogens is 206 g/mol. The summed E-state index contributed by atoms with van der Waals surface area (Å²) < 4.78 is 0. The maximum atomic E-state index is 4.43. The van der Waals surface area contributed by atoms with Crippen LogP contribution >= 0.6 is 11.8 Å². The molecule has 2 aromatic heterocycles. The molecule has 0 saturated carbocycles. The Morgan fingerprint density at radius 3 is 2.67 bits per heavy atom. The van der Waals surface area contributed by atoms with Crippen LogP contribution in [0.5, 0.6) is 0 Å². The molecule has 0 radical (unpaired) electrons. The smallest absolute Gasteiger partial charge is 0.187 e. The van der Waals surface area contributed by atoms with E-state index in [2.05, 4.69) is 15.0 Å². The third-order valence-electron chi connectivity index (χ3n) is 2.01. The second kappa shape index (κ2) is 4.40. The predicted molar refractivity (Wildman–Crippen MR) is 61.8 cm³/mol. The minimum absolute atomic E-state index is 0.793. The van der Waals surface area contributed by atoms with E-state index in [1.807, 2.05) is 31.4 Å². The van der Waals surface area contributed by atoms with Crippen LogP contribution in [0.15, 0.2) is 35.7 Å². The van der Waals surface area contributed by atoms with Crippen molar-refractivity contribution in [2.45, 2.75) is 12.1 Å². The number of hydrogen-bond donors (Lipinski definition) is 0. The van der Waals surface area contributed by atoms with Gasteiger partial charge in [0.2, 0.25) is 0 Å². The number of nitrogens with zero attached hydrogens (tertiary/aromatic N) is 3. The lowest BCUT2D eigenvalue weighted by Gasteiger charge is -2.02. The molecule has 0 unspecified atom stereocenters. The molecule has 0 aliphatic heterocycles. The van der Waals surface area contributed by atoms with Crippen LogP contribution in [-0.2, 0) is 0 Å². The summed E-state index contributed by atoms with van der Waals surface area (Å²) >= 11 is 1.54. The molecule has 2 aromatic rings. The van der Waals surface area contributed by atoms with E-state index in [-0.39, 0.29) is 0 Å². The molecule has 0 bridgehead atoms. The molecule has 76 valence electrons. The van der Waals surface area contributed by atoms with Crippen molar-refractivity contribution in [3.05, 3.63) is 36.3 Å². The van der Waals surface area contributed by atoms with E-state index in [1.54, 1.807) is 24.2 Å². The van der Waals surface area contributed by atoms with Gasteiger partial charge in [-0.15, -0.1) is 0 Å². The zero-order valence-electron chi connectivity index (χ0n) is 8.64. The largest absolute Gasteiger partial charge is 0.262 e. The van der Waals surface area contributed by atoms with Gasteiger partial charge in [0.05, 0.1) is 5.69 Å². The Kier molecular flexibility index (Phi) is 2.97. The fourth-order valence-electron chi connectivity index (χ4n) is 1.30. The van der Waals surface area contributed by atoms with Gasteiger partial charge in [-0.05, 0) is 31.4 Å². The summed E-state index contributed by atoms with van der Waals surface area (Å²) in [4.78, 5) is 12.7. The average molecular weight is 217 g/mol. The Hall–Kier alpha value is -1.42. The van der Waals surface area contributed by atoms with Crippen molar-refractivity contribution < 1.29 is 0 Å². The van der Waals surface area contributed by atoms with Gasteiger partial charge >= 0.3 is 0 Å². The summed E-state index contributed by atoms with van der Waals surface area (Å²) in [5, 5.41) is 0.793. The van der Waals surface area contributed by atoms with E-state index < -0.39 is 0 Å². The minimum Gasteiger partial charge on any atom is -0.262 e. The minimum atomic E-state index is 0.793. The molecule has 4 heteroatoms. The van der Waals surface area contributed by atoms with Crippen LogP contribution in [0.25, 0.3) is 11.3 Å². The van der Waals surface area contributed by atoms with Crippen LogP contribution < -0.4 is 0 Å². The van der Waals surface area contributed by atoms with Crippen LogP contribution in [0.3, 0.4) is 0 Å². The second-order valence-electron chi connectivity index (χ2n) is 3.11. The third kappa shape index (κ3) is 2.33. The van der Waals surface area contributed by atoms with Crippen molar-refractivity contribution >= 4 is 11.8 Å². The third-order valence-corrected chi connectivity index (χ3v) is 2.57. The summed E-state index contributed by atoms with van der Waals surface area (Å²) in [6, 6.07) is 5.89. The SMILES string of the molecule is CSc1nccc(-c2ccnc(C)c2)n1. The number of aromatic nitrogens is 3. The highest BCUT2D eigenvalue weighted by Gasteiger charge is 2.01. The molecular formula is C11H11N3S. The van der Waals surface area contributed by atoms with E-state index in [4.69, 9.17) is 0 Å². The molecule has 0 aliphatic rings. The van der Waals surface area contributed by atoms with E-state index in [0.29, 0.717) is 0 Å². The molecule has 0 amide bonds. The summed E-state index contributed by atoms with van der Waals surface area (Å²) in [6.45, 7) is 1.97. The topological polar surface area (TPSA) is 38.7 Å². The van der Waals surface area contributed by atoms with Gasteiger partial charge in [-0.1, -0.05) is 11.8 Å². The Morgan fingerprint density at radius 1 is 1.13 bits per heavy atom. The van der Waals surface area contributed by atoms with Crippen LogP contribution in [0.4, 0.5) is 0 Å². The lowest BCUT2D eigenvalue weighted by Crippen LogP contribution is -1.90. The molecule has 15 heavy (non-hydrogen) atoms. The van der Waals surface area contributed by atoms with Crippen LogP contribution in [-0.4, -0.2) is 21.2 Å². The predicted octanol–water partition coefficient (Wildman–Crippen LogP) is 2.57. The van der Waals surface area contributed by atoms with Gasteiger partial charge in [0.15, 0.2) is 5.16 Å². The molecule has 3 nitrogen and oxygen atoms in total. The first-order valence-electron chi connectivity index (χ1n) is 4.59. The first-order chi connectivity index (χ1) is 7.29. The lowest BCUT2D eigenvalue weighted by molar-refractivity contribution is 0.975. The number of thioether (sulfide) groups is 1. The van der Waals surface area contributed by atoms with Crippen molar-refractivity contribution in [1.82, 2.24) is 15.0 Å². The molecule has 0 saturated heterocycles. The first kappa shape index (κ1) is 10.1. The molecule has 2 rings (SSSR count). The van der Waals surface area contributed by atoms with Gasteiger partial charge in [-0.3, -0.25) is 4.98 Å². The molecule has 0 aromatic carbocycles. The van der Waals surface area contributed by atoms with Crippen molar-refractivity contribution in [3.63, 3.8) is 0 Å². The van der Waals surface area contributed by atoms with Gasteiger partial charge in [0.1, 0.15) is 0 Å². The molecule has 0 atom stereocenters. The fourth-order valence-corrected chi connectivity index (χ4v) is 1.66. The van der Waals surface area contributed by atoms with Gasteiger partial charge in [-0.25, -0.2) is 9.97 Å². The van der Waals surface area contributed by atoms with Gasteiger partial charge in [-0.2, -0.15) is 0 Å².